The largest absolute Gasteiger partial charge is 1.00 e. The normalized spacial score (nSPS) is 17.2. The first-order valence-electron chi connectivity index (χ1n) is 6.85. The van der Waals surface area contributed by atoms with Gasteiger partial charge in [-0.15, -0.1) is 5.70 Å². The molecular weight excluding hydrogens is 375 g/mol. The molecule has 1 aromatic rings. The van der Waals surface area contributed by atoms with Crippen LogP contribution < -0.4 is 40.0 Å². The van der Waals surface area contributed by atoms with Crippen LogP contribution in [-0.2, 0) is 0 Å². The number of aromatic nitrogens is 1. The molecule has 4 nitrogen and oxygen atoms in total. The second kappa shape index (κ2) is 8.83. The third-order valence-corrected chi connectivity index (χ3v) is 3.18. The van der Waals surface area contributed by atoms with Crippen LogP contribution in [0.5, 0.6) is 5.88 Å². The Morgan fingerprint density at radius 3 is 2.50 bits per heavy atom. The van der Waals surface area contributed by atoms with Gasteiger partial charge in [-0.05, 0) is 18.6 Å². The number of rotatable bonds is 4. The van der Waals surface area contributed by atoms with Crippen molar-refractivity contribution in [1.82, 2.24) is 4.98 Å². The van der Waals surface area contributed by atoms with Crippen LogP contribution in [0.15, 0.2) is 42.0 Å². The first kappa shape index (κ1) is 22.4. The molecule has 0 fully saturated rings. The summed E-state index contributed by atoms with van der Waals surface area (Å²) in [6.07, 6.45) is -5.01. The minimum absolute atomic E-state index is 0. The van der Waals surface area contributed by atoms with Gasteiger partial charge in [-0.1, -0.05) is 12.2 Å². The van der Waals surface area contributed by atoms with E-state index in [1.807, 2.05) is 0 Å². The summed E-state index contributed by atoms with van der Waals surface area (Å²) in [6, 6.07) is 0.878. The van der Waals surface area contributed by atoms with E-state index in [-0.39, 0.29) is 46.4 Å². The van der Waals surface area contributed by atoms with Crippen LogP contribution in [-0.4, -0.2) is 23.7 Å². The van der Waals surface area contributed by atoms with Crippen molar-refractivity contribution >= 4 is 5.57 Å². The van der Waals surface area contributed by atoms with E-state index in [0.29, 0.717) is 6.92 Å². The molecule has 0 radical (unpaired) electrons. The first-order chi connectivity index (χ1) is 11.6. The molecule has 0 aliphatic carbocycles. The topological polar surface area (TPSA) is 62.2 Å². The van der Waals surface area contributed by atoms with Crippen molar-refractivity contribution in [1.29, 1.82) is 0 Å². The van der Waals surface area contributed by atoms with Crippen LogP contribution in [0.2, 0.25) is 0 Å². The Balaban J connectivity index is 0.00000338. The molecular formula is C15H12F6N3NaO. The number of halogens is 6. The van der Waals surface area contributed by atoms with Gasteiger partial charge in [0.1, 0.15) is 0 Å². The average Bonchev–Trinajstić information content (AvgIpc) is 2.55. The monoisotopic (exact) mass is 387 g/mol. The first-order valence-corrected chi connectivity index (χ1v) is 6.85. The van der Waals surface area contributed by atoms with E-state index in [1.165, 1.54) is 18.4 Å². The van der Waals surface area contributed by atoms with Crippen molar-refractivity contribution < 1.29 is 60.6 Å². The van der Waals surface area contributed by atoms with Gasteiger partial charge in [0, 0.05) is 11.8 Å². The van der Waals surface area contributed by atoms with Crippen molar-refractivity contribution in [3.63, 3.8) is 0 Å². The number of pyridine rings is 1. The van der Waals surface area contributed by atoms with Crippen molar-refractivity contribution in [3.8, 4) is 5.88 Å². The van der Waals surface area contributed by atoms with Gasteiger partial charge < -0.3 is 15.8 Å². The smallest absolute Gasteiger partial charge is 0.663 e. The third-order valence-electron chi connectivity index (χ3n) is 3.18. The molecule has 2 rings (SSSR count). The van der Waals surface area contributed by atoms with E-state index in [0.717, 1.165) is 12.3 Å². The predicted octanol–water partition coefficient (Wildman–Crippen LogP) is 1.27. The van der Waals surface area contributed by atoms with Crippen LogP contribution in [0.4, 0.5) is 26.3 Å². The van der Waals surface area contributed by atoms with E-state index in [1.54, 1.807) is 0 Å². The number of nitrogens with zero attached hydrogens (tertiary/aromatic N) is 2. The van der Waals surface area contributed by atoms with Crippen LogP contribution in [0.1, 0.15) is 12.5 Å². The van der Waals surface area contributed by atoms with E-state index in [2.05, 4.69) is 15.0 Å². The van der Waals surface area contributed by atoms with Gasteiger partial charge in [0.15, 0.2) is 11.9 Å². The number of allylic oxidation sites excluding steroid dienone is 4. The maximum Gasteiger partial charge on any atom is 1.00 e. The van der Waals surface area contributed by atoms with Crippen LogP contribution in [0.25, 0.3) is 10.9 Å². The number of hydrogen-bond acceptors (Lipinski definition) is 3. The fourth-order valence-electron chi connectivity index (χ4n) is 1.78. The Labute approximate surface area is 167 Å². The molecule has 0 bridgehead atoms. The molecule has 1 atom stereocenters. The number of nitrogens with two attached hydrogens (primary N) is 1. The Morgan fingerprint density at radius 1 is 1.31 bits per heavy atom. The second-order valence-electron chi connectivity index (χ2n) is 5.00. The maximum atomic E-state index is 14.0. The molecule has 0 saturated heterocycles. The molecule has 1 aliphatic heterocycles. The van der Waals surface area contributed by atoms with Crippen molar-refractivity contribution in [2.45, 2.75) is 25.6 Å². The molecule has 0 aromatic carbocycles. The SMILES string of the molecule is CC(Oc1ncc(C2=C/C(=C(/N)C(F)F)[N-]C=C2)cc1F)C(F)(F)F.[Na+]. The molecule has 2 N–H and O–H groups in total. The Morgan fingerprint density at radius 2 is 1.96 bits per heavy atom. The minimum atomic E-state index is -4.67. The quantitative estimate of drug-likeness (QED) is 0.626. The minimum Gasteiger partial charge on any atom is -0.663 e. The number of alkyl halides is 5. The molecule has 136 valence electrons. The molecule has 0 spiro atoms. The molecule has 0 amide bonds. The van der Waals surface area contributed by atoms with E-state index < -0.39 is 36.1 Å². The van der Waals surface area contributed by atoms with Gasteiger partial charge >= 0.3 is 35.7 Å². The summed E-state index contributed by atoms with van der Waals surface area (Å²) in [5, 5.41) is 3.69. The van der Waals surface area contributed by atoms with Gasteiger partial charge in [0.25, 0.3) is 12.3 Å². The summed E-state index contributed by atoms with van der Waals surface area (Å²) >= 11 is 0. The van der Waals surface area contributed by atoms with Crippen molar-refractivity contribution in [2.24, 2.45) is 5.73 Å². The predicted molar refractivity (Wildman–Crippen MR) is 78.0 cm³/mol. The summed E-state index contributed by atoms with van der Waals surface area (Å²) in [7, 11) is 0. The zero-order chi connectivity index (χ0) is 18.8. The Bertz CT molecular complexity index is 745. The fourth-order valence-corrected chi connectivity index (χ4v) is 1.78. The third kappa shape index (κ3) is 5.42. The van der Waals surface area contributed by atoms with Crippen molar-refractivity contribution in [2.75, 3.05) is 0 Å². The average molecular weight is 387 g/mol. The zero-order valence-electron chi connectivity index (χ0n) is 13.7. The van der Waals surface area contributed by atoms with Gasteiger partial charge in [-0.2, -0.15) is 19.4 Å². The Hall–Kier alpha value is -1.65. The van der Waals surface area contributed by atoms with Gasteiger partial charge in [-0.3, -0.25) is 0 Å². The molecule has 1 aliphatic rings. The van der Waals surface area contributed by atoms with Gasteiger partial charge in [0.05, 0.1) is 5.70 Å². The van der Waals surface area contributed by atoms with E-state index in [9.17, 15) is 26.3 Å². The molecule has 1 aromatic heterocycles. The van der Waals surface area contributed by atoms with Crippen LogP contribution in [0, 0.1) is 5.82 Å². The van der Waals surface area contributed by atoms with Gasteiger partial charge in [-0.25, -0.2) is 18.2 Å². The van der Waals surface area contributed by atoms with E-state index >= 15 is 0 Å². The fraction of sp³-hybridized carbons (Fsp3) is 0.267. The van der Waals surface area contributed by atoms with Crippen molar-refractivity contribution in [3.05, 3.63) is 58.7 Å². The summed E-state index contributed by atoms with van der Waals surface area (Å²) < 4.78 is 80.9. The summed E-state index contributed by atoms with van der Waals surface area (Å²) in [4.78, 5) is 3.51. The van der Waals surface area contributed by atoms with Crippen LogP contribution in [0.3, 0.4) is 0 Å². The molecule has 2 heterocycles. The standard InChI is InChI=1S/C15H12F6N3O.Na/c1-7(15(19,20)21)25-14-10(16)4-9(6-24-14)8-2-3-23-11(5-8)12(22)13(17)18;/h2-7,13H,22H2,1H3;/q-1;+1/b12-11-;. The van der Waals surface area contributed by atoms with E-state index in [4.69, 9.17) is 5.73 Å². The molecule has 0 saturated carbocycles. The van der Waals surface area contributed by atoms with Crippen LogP contribution >= 0.6 is 0 Å². The molecule has 1 unspecified atom stereocenters. The Kier molecular flexibility index (Phi) is 7.60. The summed E-state index contributed by atoms with van der Waals surface area (Å²) in [5.74, 6) is -1.95. The van der Waals surface area contributed by atoms with Gasteiger partial charge in [0.2, 0.25) is 0 Å². The molecule has 26 heavy (non-hydrogen) atoms. The summed E-state index contributed by atoms with van der Waals surface area (Å²) in [6.45, 7) is 0.715. The number of ether oxygens (including phenoxy) is 1. The molecule has 11 heteroatoms. The zero-order valence-corrected chi connectivity index (χ0v) is 15.7. The second-order valence-corrected chi connectivity index (χ2v) is 5.00. The maximum absolute atomic E-state index is 14.0. The summed E-state index contributed by atoms with van der Waals surface area (Å²) in [5.41, 5.74) is 4.67. The number of hydrogen-bond donors (Lipinski definition) is 1.